The topological polar surface area (TPSA) is 46.3 Å². The third-order valence-electron chi connectivity index (χ3n) is 3.08. The highest BCUT2D eigenvalue weighted by atomic mass is 32.1. The van der Waals surface area contributed by atoms with Crippen LogP contribution in [-0.2, 0) is 0 Å². The van der Waals surface area contributed by atoms with Crippen molar-refractivity contribution in [3.05, 3.63) is 41.8 Å². The van der Waals surface area contributed by atoms with Crippen molar-refractivity contribution in [3.63, 3.8) is 0 Å². The highest BCUT2D eigenvalue weighted by Crippen LogP contribution is 2.33. The van der Waals surface area contributed by atoms with Gasteiger partial charge in [0.05, 0.1) is 5.69 Å². The van der Waals surface area contributed by atoms with Crippen LogP contribution in [0, 0.1) is 0 Å². The average molecular weight is 274 g/mol. The molecule has 0 fully saturated rings. The molecule has 2 rings (SSSR count). The number of carbonyl (C=O) groups excluding carboxylic acids is 1. The summed E-state index contributed by atoms with van der Waals surface area (Å²) >= 11 is 1.46. The molecule has 4 heteroatoms. The van der Waals surface area contributed by atoms with Gasteiger partial charge in [0, 0.05) is 23.7 Å². The summed E-state index contributed by atoms with van der Waals surface area (Å²) in [5.41, 5.74) is 6.68. The van der Waals surface area contributed by atoms with Crippen molar-refractivity contribution in [3.8, 4) is 0 Å². The number of thiophene rings is 1. The number of hydrogen-bond donors (Lipinski definition) is 1. The normalized spacial score (nSPS) is 10.6. The number of allylic oxidation sites excluding steroid dienone is 1. The van der Waals surface area contributed by atoms with Gasteiger partial charge in [0.2, 0.25) is 0 Å². The van der Waals surface area contributed by atoms with Gasteiger partial charge < -0.3 is 10.6 Å². The van der Waals surface area contributed by atoms with Crippen molar-refractivity contribution in [2.75, 3.05) is 19.3 Å². The molecule has 0 aliphatic carbocycles. The summed E-state index contributed by atoms with van der Waals surface area (Å²) in [6.45, 7) is 4.40. The van der Waals surface area contributed by atoms with Crippen molar-refractivity contribution in [2.45, 2.75) is 12.8 Å². The Morgan fingerprint density at radius 2 is 2.21 bits per heavy atom. The standard InChI is InChI=1S/C15H18N2OS/c1-3-4-7-10-17(2)15(18)14-13(16)11-8-5-6-9-12(11)19-14/h3,5-6,8-9H,1,4,7,10,16H2,2H3. The van der Waals surface area contributed by atoms with Crippen LogP contribution in [0.1, 0.15) is 22.5 Å². The third-order valence-corrected chi connectivity index (χ3v) is 4.25. The minimum Gasteiger partial charge on any atom is -0.397 e. The van der Waals surface area contributed by atoms with E-state index >= 15 is 0 Å². The smallest absolute Gasteiger partial charge is 0.265 e. The Morgan fingerprint density at radius 3 is 2.89 bits per heavy atom. The molecule has 0 atom stereocenters. The van der Waals surface area contributed by atoms with Gasteiger partial charge in [-0.25, -0.2) is 0 Å². The molecule has 1 aromatic heterocycles. The van der Waals surface area contributed by atoms with Gasteiger partial charge in [-0.3, -0.25) is 4.79 Å². The van der Waals surface area contributed by atoms with E-state index in [-0.39, 0.29) is 5.91 Å². The van der Waals surface area contributed by atoms with E-state index in [1.165, 1.54) is 11.3 Å². The Balaban J connectivity index is 2.21. The monoisotopic (exact) mass is 274 g/mol. The second kappa shape index (κ2) is 5.89. The van der Waals surface area contributed by atoms with Gasteiger partial charge in [0.15, 0.2) is 0 Å². The molecule has 100 valence electrons. The second-order valence-electron chi connectivity index (χ2n) is 4.50. The largest absolute Gasteiger partial charge is 0.397 e. The number of nitrogens with two attached hydrogens (primary N) is 1. The van der Waals surface area contributed by atoms with Gasteiger partial charge in [-0.1, -0.05) is 24.3 Å². The van der Waals surface area contributed by atoms with Crippen LogP contribution in [0.15, 0.2) is 36.9 Å². The van der Waals surface area contributed by atoms with Crippen LogP contribution in [0.3, 0.4) is 0 Å². The lowest BCUT2D eigenvalue weighted by molar-refractivity contribution is 0.0799. The lowest BCUT2D eigenvalue weighted by Gasteiger charge is -2.16. The molecular formula is C15H18N2OS. The van der Waals surface area contributed by atoms with Crippen LogP contribution < -0.4 is 5.73 Å². The number of benzene rings is 1. The van der Waals surface area contributed by atoms with Gasteiger partial charge in [-0.15, -0.1) is 17.9 Å². The first-order valence-corrected chi connectivity index (χ1v) is 7.10. The van der Waals surface area contributed by atoms with E-state index in [9.17, 15) is 4.79 Å². The fourth-order valence-electron chi connectivity index (χ4n) is 1.97. The number of amides is 1. The van der Waals surface area contributed by atoms with E-state index in [0.29, 0.717) is 10.6 Å². The molecule has 1 amide bonds. The maximum atomic E-state index is 12.4. The number of fused-ring (bicyclic) bond motifs is 1. The minimum absolute atomic E-state index is 0.00256. The molecule has 0 saturated carbocycles. The molecule has 2 N–H and O–H groups in total. The first-order chi connectivity index (χ1) is 9.15. The van der Waals surface area contributed by atoms with Crippen molar-refractivity contribution < 1.29 is 4.79 Å². The maximum absolute atomic E-state index is 12.4. The van der Waals surface area contributed by atoms with E-state index in [4.69, 9.17) is 5.73 Å². The molecule has 2 aromatic rings. The molecule has 0 bridgehead atoms. The van der Waals surface area contributed by atoms with Gasteiger partial charge in [-0.05, 0) is 18.9 Å². The first kappa shape index (κ1) is 13.6. The van der Waals surface area contributed by atoms with E-state index in [1.807, 2.05) is 37.4 Å². The van der Waals surface area contributed by atoms with Crippen LogP contribution >= 0.6 is 11.3 Å². The van der Waals surface area contributed by atoms with Crippen LogP contribution in [0.4, 0.5) is 5.69 Å². The summed E-state index contributed by atoms with van der Waals surface area (Å²) in [4.78, 5) is 14.7. The number of anilines is 1. The number of unbranched alkanes of at least 4 members (excludes halogenated alkanes) is 1. The number of nitrogens with zero attached hydrogens (tertiary/aromatic N) is 1. The molecule has 19 heavy (non-hydrogen) atoms. The lowest BCUT2D eigenvalue weighted by atomic mass is 10.2. The van der Waals surface area contributed by atoms with Gasteiger partial charge in [-0.2, -0.15) is 0 Å². The Morgan fingerprint density at radius 1 is 1.47 bits per heavy atom. The van der Waals surface area contributed by atoms with Crippen molar-refractivity contribution in [1.82, 2.24) is 4.90 Å². The van der Waals surface area contributed by atoms with Crippen LogP contribution in [0.2, 0.25) is 0 Å². The van der Waals surface area contributed by atoms with E-state index < -0.39 is 0 Å². The molecule has 1 heterocycles. The molecule has 1 aromatic carbocycles. The van der Waals surface area contributed by atoms with Crippen LogP contribution in [0.25, 0.3) is 10.1 Å². The molecule has 0 aliphatic rings. The van der Waals surface area contributed by atoms with E-state index in [1.54, 1.807) is 4.90 Å². The number of carbonyl (C=O) groups is 1. The van der Waals surface area contributed by atoms with E-state index in [0.717, 1.165) is 29.5 Å². The summed E-state index contributed by atoms with van der Waals surface area (Å²) < 4.78 is 1.06. The fraction of sp³-hybridized carbons (Fsp3) is 0.267. The Hall–Kier alpha value is -1.81. The zero-order valence-electron chi connectivity index (χ0n) is 11.1. The summed E-state index contributed by atoms with van der Waals surface area (Å²) in [7, 11) is 1.81. The second-order valence-corrected chi connectivity index (χ2v) is 5.55. The summed E-state index contributed by atoms with van der Waals surface area (Å²) in [6, 6.07) is 7.84. The Labute approximate surface area is 117 Å². The molecule has 0 unspecified atom stereocenters. The quantitative estimate of drug-likeness (QED) is 0.670. The molecule has 0 spiro atoms. The zero-order chi connectivity index (χ0) is 13.8. The molecule has 3 nitrogen and oxygen atoms in total. The molecular weight excluding hydrogens is 256 g/mol. The van der Waals surface area contributed by atoms with Gasteiger partial charge in [0.1, 0.15) is 4.88 Å². The molecule has 0 aliphatic heterocycles. The van der Waals surface area contributed by atoms with E-state index in [2.05, 4.69) is 6.58 Å². The zero-order valence-corrected chi connectivity index (χ0v) is 11.9. The summed E-state index contributed by atoms with van der Waals surface area (Å²) in [5.74, 6) is 0.00256. The Bertz CT molecular complexity index is 603. The molecule has 0 saturated heterocycles. The SMILES string of the molecule is C=CCCCN(C)C(=O)c1sc2ccccc2c1N. The lowest BCUT2D eigenvalue weighted by Crippen LogP contribution is -2.27. The predicted molar refractivity (Wildman–Crippen MR) is 82.6 cm³/mol. The first-order valence-electron chi connectivity index (χ1n) is 6.28. The maximum Gasteiger partial charge on any atom is 0.265 e. The third kappa shape index (κ3) is 2.79. The highest BCUT2D eigenvalue weighted by Gasteiger charge is 2.19. The summed E-state index contributed by atoms with van der Waals surface area (Å²) in [5, 5.41) is 0.968. The average Bonchev–Trinajstić information content (AvgIpc) is 2.76. The summed E-state index contributed by atoms with van der Waals surface area (Å²) in [6.07, 6.45) is 3.71. The predicted octanol–water partition coefficient (Wildman–Crippen LogP) is 3.52. The number of rotatable bonds is 5. The molecule has 0 radical (unpaired) electrons. The van der Waals surface area contributed by atoms with Crippen molar-refractivity contribution in [2.24, 2.45) is 0 Å². The van der Waals surface area contributed by atoms with Crippen LogP contribution in [-0.4, -0.2) is 24.4 Å². The number of nitrogen functional groups attached to an aromatic ring is 1. The highest BCUT2D eigenvalue weighted by molar-refractivity contribution is 7.21. The fourth-order valence-corrected chi connectivity index (χ4v) is 3.09. The van der Waals surface area contributed by atoms with Crippen molar-refractivity contribution in [1.29, 1.82) is 0 Å². The Kier molecular flexibility index (Phi) is 4.22. The van der Waals surface area contributed by atoms with Crippen LogP contribution in [0.5, 0.6) is 0 Å². The van der Waals surface area contributed by atoms with Gasteiger partial charge in [0.25, 0.3) is 5.91 Å². The van der Waals surface area contributed by atoms with Gasteiger partial charge >= 0.3 is 0 Å². The minimum atomic E-state index is 0.00256. The number of hydrogen-bond acceptors (Lipinski definition) is 3. The van der Waals surface area contributed by atoms with Crippen molar-refractivity contribution >= 4 is 33.0 Å².